The van der Waals surface area contributed by atoms with Crippen LogP contribution in [-0.2, 0) is 4.79 Å². The Morgan fingerprint density at radius 3 is 2.57 bits per heavy atom. The molecule has 2 heteroatoms. The third-order valence-electron chi connectivity index (χ3n) is 1.81. The summed E-state index contributed by atoms with van der Waals surface area (Å²) in [4.78, 5) is 12.6. The molecule has 0 fully saturated rings. The summed E-state index contributed by atoms with van der Waals surface area (Å²) in [7, 11) is 1.70. The van der Waals surface area contributed by atoms with Crippen molar-refractivity contribution in [1.82, 2.24) is 4.90 Å². The van der Waals surface area contributed by atoms with Gasteiger partial charge < -0.3 is 4.90 Å². The SMILES string of the molecule is C=CC(=O)N(C)C=Cc1ccccc1. The summed E-state index contributed by atoms with van der Waals surface area (Å²) in [5, 5.41) is 0. The number of hydrogen-bond donors (Lipinski definition) is 0. The van der Waals surface area contributed by atoms with Gasteiger partial charge in [-0.05, 0) is 17.7 Å². The zero-order valence-electron chi connectivity index (χ0n) is 8.18. The average molecular weight is 187 g/mol. The van der Waals surface area contributed by atoms with E-state index in [0.29, 0.717) is 0 Å². The molecule has 0 atom stereocenters. The molecule has 0 spiro atoms. The molecule has 1 rings (SSSR count). The molecule has 0 aliphatic heterocycles. The first-order chi connectivity index (χ1) is 6.74. The van der Waals surface area contributed by atoms with Crippen LogP contribution in [0.5, 0.6) is 0 Å². The monoisotopic (exact) mass is 187 g/mol. The van der Waals surface area contributed by atoms with E-state index in [-0.39, 0.29) is 5.91 Å². The summed E-state index contributed by atoms with van der Waals surface area (Å²) >= 11 is 0. The normalized spacial score (nSPS) is 10.1. The lowest BCUT2D eigenvalue weighted by molar-refractivity contribution is -0.122. The van der Waals surface area contributed by atoms with Crippen molar-refractivity contribution in [2.45, 2.75) is 0 Å². The number of carbonyl (C=O) groups excluding carboxylic acids is 1. The molecule has 0 aliphatic carbocycles. The Labute approximate surface area is 84.2 Å². The van der Waals surface area contributed by atoms with E-state index in [9.17, 15) is 4.79 Å². The van der Waals surface area contributed by atoms with Crippen molar-refractivity contribution in [3.05, 3.63) is 54.8 Å². The molecule has 1 aromatic rings. The van der Waals surface area contributed by atoms with Crippen LogP contribution in [-0.4, -0.2) is 17.9 Å². The molecule has 0 bridgehead atoms. The van der Waals surface area contributed by atoms with E-state index in [1.807, 2.05) is 36.4 Å². The van der Waals surface area contributed by atoms with Crippen molar-refractivity contribution < 1.29 is 4.79 Å². The topological polar surface area (TPSA) is 20.3 Å². The Balaban J connectivity index is 2.65. The molecule has 0 N–H and O–H groups in total. The van der Waals surface area contributed by atoms with Crippen LogP contribution in [0.1, 0.15) is 5.56 Å². The zero-order valence-corrected chi connectivity index (χ0v) is 8.18. The van der Waals surface area contributed by atoms with Crippen LogP contribution in [0.3, 0.4) is 0 Å². The Kier molecular flexibility index (Phi) is 3.68. The van der Waals surface area contributed by atoms with Gasteiger partial charge in [-0.1, -0.05) is 36.9 Å². The maximum atomic E-state index is 11.1. The Bertz CT molecular complexity index is 341. The minimum atomic E-state index is -0.114. The van der Waals surface area contributed by atoms with Crippen LogP contribution in [0.4, 0.5) is 0 Å². The lowest BCUT2D eigenvalue weighted by Gasteiger charge is -2.07. The van der Waals surface area contributed by atoms with Gasteiger partial charge in [0.25, 0.3) is 0 Å². The smallest absolute Gasteiger partial charge is 0.249 e. The Morgan fingerprint density at radius 1 is 1.36 bits per heavy atom. The number of hydrogen-bond acceptors (Lipinski definition) is 1. The van der Waals surface area contributed by atoms with Crippen LogP contribution in [0.15, 0.2) is 49.2 Å². The number of amides is 1. The summed E-state index contributed by atoms with van der Waals surface area (Å²) in [6.07, 6.45) is 4.88. The molecule has 0 saturated carbocycles. The van der Waals surface area contributed by atoms with Crippen LogP contribution in [0.25, 0.3) is 6.08 Å². The Hall–Kier alpha value is -1.83. The van der Waals surface area contributed by atoms with Gasteiger partial charge in [-0.25, -0.2) is 0 Å². The summed E-state index contributed by atoms with van der Waals surface area (Å²) in [5.41, 5.74) is 1.07. The molecule has 1 aromatic carbocycles. The fraction of sp³-hybridized carbons (Fsp3) is 0.0833. The molecule has 0 unspecified atom stereocenters. The molecule has 2 nitrogen and oxygen atoms in total. The summed E-state index contributed by atoms with van der Waals surface area (Å²) < 4.78 is 0. The molecule has 0 aliphatic rings. The Morgan fingerprint density at radius 2 is 2.00 bits per heavy atom. The standard InChI is InChI=1S/C12H13NO/c1-3-12(14)13(2)10-9-11-7-5-4-6-8-11/h3-10H,1H2,2H3. The van der Waals surface area contributed by atoms with E-state index >= 15 is 0 Å². The lowest BCUT2D eigenvalue weighted by Crippen LogP contribution is -2.17. The number of rotatable bonds is 3. The van der Waals surface area contributed by atoms with Gasteiger partial charge in [0, 0.05) is 13.2 Å². The van der Waals surface area contributed by atoms with Gasteiger partial charge in [0.2, 0.25) is 5.91 Å². The number of nitrogens with zero attached hydrogens (tertiary/aromatic N) is 1. The van der Waals surface area contributed by atoms with Gasteiger partial charge in [-0.3, -0.25) is 4.79 Å². The van der Waals surface area contributed by atoms with Crippen molar-refractivity contribution in [3.8, 4) is 0 Å². The second kappa shape index (κ2) is 5.02. The molecule has 72 valence electrons. The highest BCUT2D eigenvalue weighted by Gasteiger charge is 1.97. The highest BCUT2D eigenvalue weighted by molar-refractivity contribution is 5.87. The molecular weight excluding hydrogens is 174 g/mol. The van der Waals surface area contributed by atoms with Crippen molar-refractivity contribution >= 4 is 12.0 Å². The van der Waals surface area contributed by atoms with E-state index < -0.39 is 0 Å². The summed E-state index contributed by atoms with van der Waals surface area (Å²) in [5.74, 6) is -0.114. The van der Waals surface area contributed by atoms with E-state index in [2.05, 4.69) is 6.58 Å². The van der Waals surface area contributed by atoms with Crippen molar-refractivity contribution in [2.24, 2.45) is 0 Å². The van der Waals surface area contributed by atoms with Crippen LogP contribution in [0.2, 0.25) is 0 Å². The average Bonchev–Trinajstić information content (AvgIpc) is 2.26. The molecule has 14 heavy (non-hydrogen) atoms. The highest BCUT2D eigenvalue weighted by Crippen LogP contribution is 2.01. The zero-order chi connectivity index (χ0) is 10.4. The molecule has 0 radical (unpaired) electrons. The number of benzene rings is 1. The first-order valence-corrected chi connectivity index (χ1v) is 4.36. The largest absolute Gasteiger partial charge is 0.319 e. The van der Waals surface area contributed by atoms with Gasteiger partial charge in [-0.2, -0.15) is 0 Å². The first kappa shape index (κ1) is 10.3. The van der Waals surface area contributed by atoms with Crippen LogP contribution in [0, 0.1) is 0 Å². The predicted octanol–water partition coefficient (Wildman–Crippen LogP) is 2.30. The molecule has 0 heterocycles. The van der Waals surface area contributed by atoms with Gasteiger partial charge in [0.05, 0.1) is 0 Å². The number of carbonyl (C=O) groups is 1. The summed E-state index contributed by atoms with van der Waals surface area (Å²) in [6.45, 7) is 3.41. The predicted molar refractivity (Wildman–Crippen MR) is 58.4 cm³/mol. The second-order valence-corrected chi connectivity index (χ2v) is 2.88. The quantitative estimate of drug-likeness (QED) is 0.665. The fourth-order valence-corrected chi connectivity index (χ4v) is 0.979. The molecule has 1 amide bonds. The van der Waals surface area contributed by atoms with Crippen molar-refractivity contribution in [2.75, 3.05) is 7.05 Å². The molecule has 0 aromatic heterocycles. The third kappa shape index (κ3) is 2.90. The van der Waals surface area contributed by atoms with Crippen molar-refractivity contribution in [3.63, 3.8) is 0 Å². The van der Waals surface area contributed by atoms with E-state index in [1.165, 1.54) is 11.0 Å². The lowest BCUT2D eigenvalue weighted by atomic mass is 10.2. The number of likely N-dealkylation sites (N-methyl/N-ethyl adjacent to an activating group) is 1. The third-order valence-corrected chi connectivity index (χ3v) is 1.81. The van der Waals surface area contributed by atoms with Crippen molar-refractivity contribution in [1.29, 1.82) is 0 Å². The van der Waals surface area contributed by atoms with E-state index in [0.717, 1.165) is 5.56 Å². The maximum absolute atomic E-state index is 11.1. The minimum Gasteiger partial charge on any atom is -0.319 e. The second-order valence-electron chi connectivity index (χ2n) is 2.88. The molecular formula is C12H13NO. The van der Waals surface area contributed by atoms with E-state index in [1.54, 1.807) is 13.2 Å². The summed E-state index contributed by atoms with van der Waals surface area (Å²) in [6, 6.07) is 9.81. The van der Waals surface area contributed by atoms with Gasteiger partial charge >= 0.3 is 0 Å². The fourth-order valence-electron chi connectivity index (χ4n) is 0.979. The van der Waals surface area contributed by atoms with Crippen LogP contribution < -0.4 is 0 Å². The minimum absolute atomic E-state index is 0.114. The maximum Gasteiger partial charge on any atom is 0.249 e. The van der Waals surface area contributed by atoms with Gasteiger partial charge in [-0.15, -0.1) is 0 Å². The van der Waals surface area contributed by atoms with E-state index in [4.69, 9.17) is 0 Å². The first-order valence-electron chi connectivity index (χ1n) is 4.36. The highest BCUT2D eigenvalue weighted by atomic mass is 16.2. The van der Waals surface area contributed by atoms with Gasteiger partial charge in [0.15, 0.2) is 0 Å². The molecule has 0 saturated heterocycles. The van der Waals surface area contributed by atoms with Gasteiger partial charge in [0.1, 0.15) is 0 Å². The van der Waals surface area contributed by atoms with Crippen LogP contribution >= 0.6 is 0 Å².